The van der Waals surface area contributed by atoms with Crippen LogP contribution in [0.1, 0.15) is 23.3 Å². The third-order valence-corrected chi connectivity index (χ3v) is 6.77. The second kappa shape index (κ2) is 11.3. The predicted octanol–water partition coefficient (Wildman–Crippen LogP) is 5.73. The van der Waals surface area contributed by atoms with Crippen LogP contribution in [-0.2, 0) is 7.05 Å². The average molecular weight is 512 g/mol. The minimum atomic E-state index is -0.206. The fraction of sp³-hybridized carbons (Fsp3) is 0.233. The molecule has 1 amide bonds. The molecule has 1 aromatic heterocycles. The first-order valence-electron chi connectivity index (χ1n) is 12.8. The molecule has 1 aliphatic heterocycles. The molecule has 0 bridgehead atoms. The van der Waals surface area contributed by atoms with Crippen molar-refractivity contribution in [3.05, 3.63) is 90.8 Å². The summed E-state index contributed by atoms with van der Waals surface area (Å²) in [7, 11) is 3.53. The van der Waals surface area contributed by atoms with Gasteiger partial charge in [-0.1, -0.05) is 0 Å². The zero-order valence-corrected chi connectivity index (χ0v) is 21.6. The number of ether oxygens (including phenoxy) is 1. The third-order valence-electron chi connectivity index (χ3n) is 6.77. The van der Waals surface area contributed by atoms with Crippen LogP contribution in [0.5, 0.6) is 5.75 Å². The van der Waals surface area contributed by atoms with Gasteiger partial charge in [-0.2, -0.15) is 0 Å². The maximum Gasteiger partial charge on any atom is 0.272 e. The number of methoxy groups -OCH3 is 1. The lowest BCUT2D eigenvalue weighted by Crippen LogP contribution is -2.35. The van der Waals surface area contributed by atoms with Crippen LogP contribution in [0.3, 0.4) is 0 Å². The van der Waals surface area contributed by atoms with Crippen molar-refractivity contribution < 1.29 is 14.6 Å². The standard InChI is InChI=1S/C30H33N5O3/c1-34-17-3-4-28(34)30(37)33-24-11-9-22(10-12-24)31-21-5-7-23(8-6-21)32-25-13-14-27(29(20-25)38-2)35-18-15-26(36)16-19-35/h3-14,17,20,26,31-32,36H,15-16,18-19H2,1-2H3,(H,33,37). The topological polar surface area (TPSA) is 90.8 Å². The average Bonchev–Trinajstić information content (AvgIpc) is 3.37. The lowest BCUT2D eigenvalue weighted by molar-refractivity contribution is 0.101. The maximum atomic E-state index is 12.4. The van der Waals surface area contributed by atoms with Crippen LogP contribution >= 0.6 is 0 Å². The fourth-order valence-electron chi connectivity index (χ4n) is 4.62. The maximum absolute atomic E-state index is 12.4. The molecule has 0 atom stereocenters. The van der Waals surface area contributed by atoms with E-state index < -0.39 is 0 Å². The third kappa shape index (κ3) is 5.92. The molecule has 0 unspecified atom stereocenters. The number of nitrogens with zero attached hydrogens (tertiary/aromatic N) is 2. The van der Waals surface area contributed by atoms with Gasteiger partial charge in [0.25, 0.3) is 5.91 Å². The summed E-state index contributed by atoms with van der Waals surface area (Å²) in [5.74, 6) is 0.674. The minimum Gasteiger partial charge on any atom is -0.495 e. The molecule has 8 nitrogen and oxygen atoms in total. The van der Waals surface area contributed by atoms with Crippen molar-refractivity contribution in [1.82, 2.24) is 4.57 Å². The number of hydrogen-bond acceptors (Lipinski definition) is 6. The van der Waals surface area contributed by atoms with Gasteiger partial charge in [0.05, 0.1) is 18.9 Å². The Morgan fingerprint density at radius 2 is 1.39 bits per heavy atom. The summed E-state index contributed by atoms with van der Waals surface area (Å²) >= 11 is 0. The van der Waals surface area contributed by atoms with E-state index >= 15 is 0 Å². The summed E-state index contributed by atoms with van der Waals surface area (Å²) in [6.45, 7) is 1.65. The number of benzene rings is 3. The van der Waals surface area contributed by atoms with Gasteiger partial charge in [0.15, 0.2) is 0 Å². The lowest BCUT2D eigenvalue weighted by Gasteiger charge is -2.32. The van der Waals surface area contributed by atoms with Crippen LogP contribution in [0, 0.1) is 0 Å². The molecule has 4 aromatic rings. The number of carbonyl (C=O) groups excluding carboxylic acids is 1. The van der Waals surface area contributed by atoms with E-state index in [-0.39, 0.29) is 12.0 Å². The van der Waals surface area contributed by atoms with Crippen molar-refractivity contribution in [2.45, 2.75) is 18.9 Å². The van der Waals surface area contributed by atoms with E-state index in [1.165, 1.54) is 0 Å². The number of aryl methyl sites for hydroxylation is 1. The van der Waals surface area contributed by atoms with Gasteiger partial charge in [0, 0.05) is 60.8 Å². The molecule has 0 spiro atoms. The second-order valence-corrected chi connectivity index (χ2v) is 9.47. The van der Waals surface area contributed by atoms with E-state index in [9.17, 15) is 9.90 Å². The summed E-state index contributed by atoms with van der Waals surface area (Å²) in [6, 6.07) is 25.4. The molecule has 38 heavy (non-hydrogen) atoms. The lowest BCUT2D eigenvalue weighted by atomic mass is 10.1. The summed E-state index contributed by atoms with van der Waals surface area (Å²) in [5, 5.41) is 19.6. The molecular weight excluding hydrogens is 478 g/mol. The second-order valence-electron chi connectivity index (χ2n) is 9.47. The van der Waals surface area contributed by atoms with Gasteiger partial charge in [-0.25, -0.2) is 0 Å². The summed E-state index contributed by atoms with van der Waals surface area (Å²) in [6.07, 6.45) is 3.19. The van der Waals surface area contributed by atoms with Crippen molar-refractivity contribution in [3.63, 3.8) is 0 Å². The Labute approximate surface area is 222 Å². The summed E-state index contributed by atoms with van der Waals surface area (Å²) in [4.78, 5) is 14.7. The number of nitrogens with one attached hydrogen (secondary N) is 3. The molecule has 4 N–H and O–H groups in total. The van der Waals surface area contributed by atoms with E-state index in [1.807, 2.05) is 80.0 Å². The molecule has 1 saturated heterocycles. The van der Waals surface area contributed by atoms with E-state index in [4.69, 9.17) is 4.74 Å². The molecule has 196 valence electrons. The monoisotopic (exact) mass is 511 g/mol. The Balaban J connectivity index is 1.18. The number of piperidine rings is 1. The van der Waals surface area contributed by atoms with E-state index in [0.717, 1.165) is 65.8 Å². The summed E-state index contributed by atoms with van der Waals surface area (Å²) < 4.78 is 7.45. The van der Waals surface area contributed by atoms with Gasteiger partial charge in [-0.15, -0.1) is 0 Å². The first-order valence-corrected chi connectivity index (χ1v) is 12.8. The van der Waals surface area contributed by atoms with Gasteiger partial charge in [-0.05, 0) is 85.6 Å². The Morgan fingerprint density at radius 3 is 1.95 bits per heavy atom. The fourth-order valence-corrected chi connectivity index (χ4v) is 4.62. The molecule has 0 saturated carbocycles. The zero-order valence-electron chi connectivity index (χ0n) is 21.6. The van der Waals surface area contributed by atoms with Gasteiger partial charge in [-0.3, -0.25) is 4.79 Å². The van der Waals surface area contributed by atoms with Crippen molar-refractivity contribution in [2.24, 2.45) is 7.05 Å². The number of aliphatic hydroxyl groups excluding tert-OH is 1. The van der Waals surface area contributed by atoms with Crippen molar-refractivity contribution in [2.75, 3.05) is 41.0 Å². The quantitative estimate of drug-likeness (QED) is 0.241. The Bertz CT molecular complexity index is 1370. The SMILES string of the molecule is COc1cc(Nc2ccc(Nc3ccc(NC(=O)c4cccn4C)cc3)cc2)ccc1N1CCC(O)CC1. The van der Waals surface area contributed by atoms with Crippen LogP contribution in [0.2, 0.25) is 0 Å². The Morgan fingerprint density at radius 1 is 0.842 bits per heavy atom. The molecule has 8 heteroatoms. The largest absolute Gasteiger partial charge is 0.495 e. The molecule has 0 radical (unpaired) electrons. The van der Waals surface area contributed by atoms with Crippen LogP contribution in [-0.4, -0.2) is 41.9 Å². The normalized spacial score (nSPS) is 13.7. The van der Waals surface area contributed by atoms with Crippen LogP contribution in [0.25, 0.3) is 0 Å². The Kier molecular flexibility index (Phi) is 7.51. The number of rotatable bonds is 8. The smallest absolute Gasteiger partial charge is 0.272 e. The number of aromatic nitrogens is 1. The predicted molar refractivity (Wildman–Crippen MR) is 153 cm³/mol. The van der Waals surface area contributed by atoms with Crippen molar-refractivity contribution >= 4 is 40.0 Å². The van der Waals surface area contributed by atoms with Crippen LogP contribution in [0.4, 0.5) is 34.1 Å². The number of amides is 1. The highest BCUT2D eigenvalue weighted by atomic mass is 16.5. The number of anilines is 6. The van der Waals surface area contributed by atoms with E-state index in [1.54, 1.807) is 17.7 Å². The van der Waals surface area contributed by atoms with Gasteiger partial charge in [0.2, 0.25) is 0 Å². The molecule has 5 rings (SSSR count). The molecule has 3 aromatic carbocycles. The molecule has 0 aliphatic carbocycles. The highest BCUT2D eigenvalue weighted by Gasteiger charge is 2.20. The first kappa shape index (κ1) is 25.2. The first-order chi connectivity index (χ1) is 18.5. The van der Waals surface area contributed by atoms with Crippen LogP contribution in [0.15, 0.2) is 85.1 Å². The highest BCUT2D eigenvalue weighted by Crippen LogP contribution is 2.34. The molecule has 2 heterocycles. The minimum absolute atomic E-state index is 0.139. The Hall–Kier alpha value is -4.43. The van der Waals surface area contributed by atoms with Crippen molar-refractivity contribution in [1.29, 1.82) is 0 Å². The van der Waals surface area contributed by atoms with Gasteiger partial charge >= 0.3 is 0 Å². The number of hydrogen-bond donors (Lipinski definition) is 4. The van der Waals surface area contributed by atoms with Gasteiger partial charge < -0.3 is 35.3 Å². The van der Waals surface area contributed by atoms with Crippen molar-refractivity contribution in [3.8, 4) is 5.75 Å². The number of aliphatic hydroxyl groups is 1. The number of carbonyl (C=O) groups is 1. The van der Waals surface area contributed by atoms with E-state index in [2.05, 4.69) is 26.9 Å². The highest BCUT2D eigenvalue weighted by molar-refractivity contribution is 6.03. The van der Waals surface area contributed by atoms with Gasteiger partial charge in [0.1, 0.15) is 11.4 Å². The summed E-state index contributed by atoms with van der Waals surface area (Å²) in [5.41, 5.74) is 6.18. The molecule has 1 aliphatic rings. The zero-order chi connectivity index (χ0) is 26.5. The van der Waals surface area contributed by atoms with Crippen LogP contribution < -0.4 is 25.6 Å². The van der Waals surface area contributed by atoms with E-state index in [0.29, 0.717) is 5.69 Å². The molecular formula is C30H33N5O3. The molecule has 1 fully saturated rings.